The molecule has 2 N–H and O–H groups in total. The van der Waals surface area contributed by atoms with Gasteiger partial charge in [0.05, 0.1) is 24.7 Å². The summed E-state index contributed by atoms with van der Waals surface area (Å²) in [6, 6.07) is 4.26. The lowest BCUT2D eigenvalue weighted by atomic mass is 9.85. The molecule has 1 aromatic heterocycles. The first-order chi connectivity index (χ1) is 9.23. The Hall–Kier alpha value is -1.07. The van der Waals surface area contributed by atoms with Crippen LogP contribution in [0.15, 0.2) is 22.5 Å². The van der Waals surface area contributed by atoms with Crippen molar-refractivity contribution in [3.8, 4) is 0 Å². The summed E-state index contributed by atoms with van der Waals surface area (Å²) in [5, 5.41) is 2.12. The Kier molecular flexibility index (Phi) is 3.50. The van der Waals surface area contributed by atoms with Crippen LogP contribution < -0.4 is 5.73 Å². The second kappa shape index (κ2) is 5.13. The zero-order chi connectivity index (χ0) is 13.3. The minimum absolute atomic E-state index is 0.0903. The molecular formula is C14H21N3OS. The molecule has 2 aliphatic rings. The molecule has 1 fully saturated rings. The number of hydrogen-bond donors (Lipinski definition) is 1. The monoisotopic (exact) mass is 279 g/mol. The van der Waals surface area contributed by atoms with Crippen LogP contribution in [0.25, 0.3) is 0 Å². The Bertz CT molecular complexity index is 459. The van der Waals surface area contributed by atoms with Crippen LogP contribution in [-0.2, 0) is 11.3 Å². The Labute approximate surface area is 118 Å². The minimum Gasteiger partial charge on any atom is -0.378 e. The molecule has 19 heavy (non-hydrogen) atoms. The van der Waals surface area contributed by atoms with Gasteiger partial charge in [0.2, 0.25) is 0 Å². The average Bonchev–Trinajstić information content (AvgIpc) is 3.04. The van der Waals surface area contributed by atoms with Crippen molar-refractivity contribution in [3.05, 3.63) is 22.4 Å². The molecule has 5 heteroatoms. The van der Waals surface area contributed by atoms with E-state index in [4.69, 9.17) is 10.5 Å². The predicted molar refractivity (Wildman–Crippen MR) is 78.3 cm³/mol. The molecule has 1 spiro atoms. The van der Waals surface area contributed by atoms with Gasteiger partial charge in [-0.1, -0.05) is 13.0 Å². The maximum atomic E-state index is 6.13. The van der Waals surface area contributed by atoms with Crippen LogP contribution in [0.4, 0.5) is 0 Å². The van der Waals surface area contributed by atoms with Crippen molar-refractivity contribution in [1.82, 2.24) is 4.90 Å². The molecule has 0 aliphatic carbocycles. The highest BCUT2D eigenvalue weighted by molar-refractivity contribution is 7.09. The minimum atomic E-state index is 0.0903. The van der Waals surface area contributed by atoms with Crippen LogP contribution >= 0.6 is 11.3 Å². The SMILES string of the molecule is CCC1CC2(CCO1)CN=C(N)N2Cc1cccs1. The van der Waals surface area contributed by atoms with Crippen LogP contribution in [0.2, 0.25) is 0 Å². The molecule has 3 rings (SSSR count). The lowest BCUT2D eigenvalue weighted by molar-refractivity contribution is -0.0499. The topological polar surface area (TPSA) is 50.9 Å². The van der Waals surface area contributed by atoms with E-state index in [0.717, 1.165) is 39.0 Å². The summed E-state index contributed by atoms with van der Waals surface area (Å²) in [6.07, 6.45) is 3.48. The fourth-order valence-electron chi connectivity index (χ4n) is 3.10. The van der Waals surface area contributed by atoms with Gasteiger partial charge in [-0.05, 0) is 30.7 Å². The second-order valence-electron chi connectivity index (χ2n) is 5.42. The van der Waals surface area contributed by atoms with Gasteiger partial charge >= 0.3 is 0 Å². The van der Waals surface area contributed by atoms with Crippen molar-refractivity contribution < 1.29 is 4.74 Å². The standard InChI is InChI=1S/C14H21N3OS/c1-2-11-8-14(5-6-18-11)10-16-13(15)17(14)9-12-4-3-7-19-12/h3-4,7,11H,2,5-6,8-10H2,1H3,(H2,15,16). The van der Waals surface area contributed by atoms with E-state index < -0.39 is 0 Å². The average molecular weight is 279 g/mol. The van der Waals surface area contributed by atoms with E-state index in [1.807, 2.05) is 0 Å². The molecule has 3 heterocycles. The second-order valence-corrected chi connectivity index (χ2v) is 6.45. The number of guanidine groups is 1. The summed E-state index contributed by atoms with van der Waals surface area (Å²) in [6.45, 7) is 4.71. The van der Waals surface area contributed by atoms with Crippen LogP contribution in [0.5, 0.6) is 0 Å². The predicted octanol–water partition coefficient (Wildman–Crippen LogP) is 2.21. The third kappa shape index (κ3) is 2.37. The number of hydrogen-bond acceptors (Lipinski definition) is 5. The quantitative estimate of drug-likeness (QED) is 0.923. The highest BCUT2D eigenvalue weighted by atomic mass is 32.1. The molecule has 1 saturated heterocycles. The molecule has 0 saturated carbocycles. The number of rotatable bonds is 3. The molecule has 2 unspecified atom stereocenters. The van der Waals surface area contributed by atoms with Crippen LogP contribution in [0, 0.1) is 0 Å². The van der Waals surface area contributed by atoms with E-state index in [0.29, 0.717) is 12.1 Å². The largest absolute Gasteiger partial charge is 0.378 e. The van der Waals surface area contributed by atoms with Crippen molar-refractivity contribution >= 4 is 17.3 Å². The molecule has 4 nitrogen and oxygen atoms in total. The summed E-state index contributed by atoms with van der Waals surface area (Å²) >= 11 is 1.78. The zero-order valence-electron chi connectivity index (χ0n) is 11.3. The first-order valence-electron chi connectivity index (χ1n) is 6.95. The third-order valence-corrected chi connectivity index (χ3v) is 5.12. The fraction of sp³-hybridized carbons (Fsp3) is 0.643. The molecule has 0 bridgehead atoms. The van der Waals surface area contributed by atoms with E-state index in [1.165, 1.54) is 4.88 Å². The number of aliphatic imine (C=N–C) groups is 1. The first-order valence-corrected chi connectivity index (χ1v) is 7.83. The van der Waals surface area contributed by atoms with Gasteiger partial charge in [0.25, 0.3) is 0 Å². The Balaban J connectivity index is 1.80. The smallest absolute Gasteiger partial charge is 0.192 e. The third-order valence-electron chi connectivity index (χ3n) is 4.26. The number of nitrogens with zero attached hydrogens (tertiary/aromatic N) is 2. The lowest BCUT2D eigenvalue weighted by Crippen LogP contribution is -2.55. The van der Waals surface area contributed by atoms with Crippen LogP contribution in [-0.4, -0.2) is 35.7 Å². The van der Waals surface area contributed by atoms with Crippen molar-refractivity contribution in [2.45, 2.75) is 44.4 Å². The van der Waals surface area contributed by atoms with Gasteiger partial charge in [-0.15, -0.1) is 11.3 Å². The van der Waals surface area contributed by atoms with Gasteiger partial charge in [-0.3, -0.25) is 4.99 Å². The summed E-state index contributed by atoms with van der Waals surface area (Å²) < 4.78 is 5.82. The fourth-order valence-corrected chi connectivity index (χ4v) is 3.79. The van der Waals surface area contributed by atoms with Gasteiger partial charge in [0.1, 0.15) is 0 Å². The lowest BCUT2D eigenvalue weighted by Gasteiger charge is -2.44. The number of ether oxygens (including phenoxy) is 1. The van der Waals surface area contributed by atoms with Gasteiger partial charge in [-0.25, -0.2) is 0 Å². The Morgan fingerprint density at radius 3 is 3.26 bits per heavy atom. The van der Waals surface area contributed by atoms with Crippen LogP contribution in [0.3, 0.4) is 0 Å². The first kappa shape index (κ1) is 12.9. The highest BCUT2D eigenvalue weighted by Gasteiger charge is 2.45. The molecule has 2 atom stereocenters. The summed E-state index contributed by atoms with van der Waals surface area (Å²) in [5.41, 5.74) is 6.22. The number of nitrogens with two attached hydrogens (primary N) is 1. The summed E-state index contributed by atoms with van der Waals surface area (Å²) in [5.74, 6) is 0.699. The van der Waals surface area contributed by atoms with E-state index in [1.54, 1.807) is 11.3 Å². The summed E-state index contributed by atoms with van der Waals surface area (Å²) in [7, 11) is 0. The van der Waals surface area contributed by atoms with E-state index >= 15 is 0 Å². The zero-order valence-corrected chi connectivity index (χ0v) is 12.2. The number of thiophene rings is 1. The molecular weight excluding hydrogens is 258 g/mol. The van der Waals surface area contributed by atoms with Gasteiger partial charge in [0.15, 0.2) is 5.96 Å². The molecule has 104 valence electrons. The normalized spacial score (nSPS) is 30.9. The maximum absolute atomic E-state index is 6.13. The van der Waals surface area contributed by atoms with E-state index in [9.17, 15) is 0 Å². The Morgan fingerprint density at radius 2 is 2.53 bits per heavy atom. The molecule has 0 amide bonds. The van der Waals surface area contributed by atoms with E-state index in [2.05, 4.69) is 34.3 Å². The Morgan fingerprint density at radius 1 is 1.63 bits per heavy atom. The van der Waals surface area contributed by atoms with Crippen molar-refractivity contribution in [1.29, 1.82) is 0 Å². The van der Waals surface area contributed by atoms with Crippen LogP contribution in [0.1, 0.15) is 31.1 Å². The molecule has 2 aliphatic heterocycles. The van der Waals surface area contributed by atoms with E-state index in [-0.39, 0.29) is 5.54 Å². The van der Waals surface area contributed by atoms with Gasteiger partial charge in [-0.2, -0.15) is 0 Å². The van der Waals surface area contributed by atoms with Crippen molar-refractivity contribution in [3.63, 3.8) is 0 Å². The highest BCUT2D eigenvalue weighted by Crippen LogP contribution is 2.36. The molecule has 0 aromatic carbocycles. The molecule has 0 radical (unpaired) electrons. The maximum Gasteiger partial charge on any atom is 0.192 e. The van der Waals surface area contributed by atoms with Gasteiger partial charge in [0, 0.05) is 11.5 Å². The summed E-state index contributed by atoms with van der Waals surface area (Å²) in [4.78, 5) is 8.17. The molecule has 1 aromatic rings. The van der Waals surface area contributed by atoms with Crippen molar-refractivity contribution in [2.24, 2.45) is 10.7 Å². The van der Waals surface area contributed by atoms with Gasteiger partial charge < -0.3 is 15.4 Å². The van der Waals surface area contributed by atoms with Crippen molar-refractivity contribution in [2.75, 3.05) is 13.2 Å².